The summed E-state index contributed by atoms with van der Waals surface area (Å²) < 4.78 is 0. The first-order chi connectivity index (χ1) is 8.84. The molecule has 2 nitrogen and oxygen atoms in total. The van der Waals surface area contributed by atoms with Crippen molar-refractivity contribution in [2.24, 2.45) is 17.3 Å². The van der Waals surface area contributed by atoms with Crippen LogP contribution in [0.5, 0.6) is 0 Å². The Morgan fingerprint density at radius 1 is 1.00 bits per heavy atom. The Labute approximate surface area is 111 Å². The molecule has 2 N–H and O–H groups in total. The second kappa shape index (κ2) is 4.49. The van der Waals surface area contributed by atoms with E-state index in [2.05, 4.69) is 10.6 Å². The van der Waals surface area contributed by atoms with Gasteiger partial charge in [0.25, 0.3) is 0 Å². The second-order valence-electron chi connectivity index (χ2n) is 7.58. The van der Waals surface area contributed by atoms with Gasteiger partial charge in [-0.05, 0) is 81.6 Å². The predicted molar refractivity (Wildman–Crippen MR) is 74.5 cm³/mol. The van der Waals surface area contributed by atoms with Gasteiger partial charge in [0.2, 0.25) is 0 Å². The fraction of sp³-hybridized carbons (Fsp3) is 1.00. The average Bonchev–Trinajstić information content (AvgIpc) is 3.24. The Hall–Kier alpha value is -0.0800. The highest BCUT2D eigenvalue weighted by atomic mass is 15.0. The van der Waals surface area contributed by atoms with Gasteiger partial charge in [0, 0.05) is 18.6 Å². The lowest BCUT2D eigenvalue weighted by Crippen LogP contribution is -2.39. The molecule has 2 bridgehead atoms. The van der Waals surface area contributed by atoms with E-state index in [4.69, 9.17) is 0 Å². The zero-order chi connectivity index (χ0) is 12.0. The summed E-state index contributed by atoms with van der Waals surface area (Å²) in [5.74, 6) is 2.12. The highest BCUT2D eigenvalue weighted by Crippen LogP contribution is 2.60. The Balaban J connectivity index is 1.16. The van der Waals surface area contributed by atoms with E-state index in [1.807, 2.05) is 0 Å². The van der Waals surface area contributed by atoms with E-state index in [1.165, 1.54) is 70.9 Å². The summed E-state index contributed by atoms with van der Waals surface area (Å²) in [6, 6.07) is 1.74. The van der Waals surface area contributed by atoms with Crippen LogP contribution in [0.2, 0.25) is 0 Å². The lowest BCUT2D eigenvalue weighted by atomic mass is 9.89. The maximum absolute atomic E-state index is 3.79. The highest BCUT2D eigenvalue weighted by molar-refractivity contribution is 5.05. The summed E-state index contributed by atoms with van der Waals surface area (Å²) in [5, 5.41) is 7.53. The summed E-state index contributed by atoms with van der Waals surface area (Å²) in [4.78, 5) is 0. The van der Waals surface area contributed by atoms with Crippen LogP contribution >= 0.6 is 0 Å². The number of nitrogens with one attached hydrogen (secondary N) is 2. The van der Waals surface area contributed by atoms with Crippen LogP contribution in [-0.4, -0.2) is 25.2 Å². The van der Waals surface area contributed by atoms with Crippen molar-refractivity contribution in [2.45, 2.75) is 69.9 Å². The van der Waals surface area contributed by atoms with Gasteiger partial charge in [0.05, 0.1) is 0 Å². The van der Waals surface area contributed by atoms with E-state index in [0.29, 0.717) is 0 Å². The van der Waals surface area contributed by atoms with Gasteiger partial charge in [-0.3, -0.25) is 0 Å². The fourth-order valence-electron chi connectivity index (χ4n) is 4.64. The summed E-state index contributed by atoms with van der Waals surface area (Å²) >= 11 is 0. The maximum Gasteiger partial charge on any atom is 0.00728 e. The molecule has 2 saturated heterocycles. The van der Waals surface area contributed by atoms with Crippen molar-refractivity contribution in [3.63, 3.8) is 0 Å². The van der Waals surface area contributed by atoms with E-state index in [9.17, 15) is 0 Å². The molecule has 2 saturated carbocycles. The molecule has 2 aliphatic carbocycles. The van der Waals surface area contributed by atoms with Gasteiger partial charge in [0.15, 0.2) is 0 Å². The van der Waals surface area contributed by atoms with E-state index in [1.54, 1.807) is 0 Å². The molecule has 102 valence electrons. The zero-order valence-corrected chi connectivity index (χ0v) is 11.6. The van der Waals surface area contributed by atoms with Crippen molar-refractivity contribution < 1.29 is 0 Å². The molecular formula is C16H28N2. The van der Waals surface area contributed by atoms with Gasteiger partial charge in [0.1, 0.15) is 0 Å². The largest absolute Gasteiger partial charge is 0.316 e. The van der Waals surface area contributed by atoms with Crippen molar-refractivity contribution in [1.29, 1.82) is 0 Å². The van der Waals surface area contributed by atoms with Crippen molar-refractivity contribution in [3.05, 3.63) is 0 Å². The van der Waals surface area contributed by atoms with Crippen molar-refractivity contribution >= 4 is 0 Å². The number of hydrogen-bond acceptors (Lipinski definition) is 2. The van der Waals surface area contributed by atoms with Gasteiger partial charge in [-0.2, -0.15) is 0 Å². The lowest BCUT2D eigenvalue weighted by Gasteiger charge is -2.29. The summed E-state index contributed by atoms with van der Waals surface area (Å²) in [5.41, 5.74) is 0.785. The molecule has 0 spiro atoms. The Morgan fingerprint density at radius 2 is 1.72 bits per heavy atom. The van der Waals surface area contributed by atoms with Gasteiger partial charge >= 0.3 is 0 Å². The van der Waals surface area contributed by atoms with Crippen LogP contribution in [0.4, 0.5) is 0 Å². The third-order valence-electron chi connectivity index (χ3n) is 6.11. The van der Waals surface area contributed by atoms with Crippen LogP contribution < -0.4 is 10.6 Å². The Bertz CT molecular complexity index is 294. The molecule has 2 atom stereocenters. The number of rotatable bonds is 6. The molecule has 2 heterocycles. The molecule has 2 unspecified atom stereocenters. The Morgan fingerprint density at radius 3 is 2.33 bits per heavy atom. The molecule has 0 aromatic rings. The maximum atomic E-state index is 3.79. The molecule has 2 heteroatoms. The standard InChI is InChI=1S/C16H28N2/c1-2-13(1)16(6-7-16)11-17-8-5-12-9-14-3-4-15(10-12)18-14/h12-15,17-18H,1-11H2. The molecule has 2 aliphatic heterocycles. The molecular weight excluding hydrogens is 220 g/mol. The smallest absolute Gasteiger partial charge is 0.00728 e. The molecule has 4 aliphatic rings. The molecule has 0 amide bonds. The summed E-state index contributed by atoms with van der Waals surface area (Å²) in [6.45, 7) is 2.61. The summed E-state index contributed by atoms with van der Waals surface area (Å²) in [7, 11) is 0. The number of hydrogen-bond donors (Lipinski definition) is 2. The first-order valence-corrected chi connectivity index (χ1v) is 8.31. The van der Waals surface area contributed by atoms with Crippen LogP contribution in [0.25, 0.3) is 0 Å². The SMILES string of the molecule is C(CC1CC2CCC(C1)N2)NCC1(C2CC2)CC1. The van der Waals surface area contributed by atoms with E-state index >= 15 is 0 Å². The first-order valence-electron chi connectivity index (χ1n) is 8.31. The number of piperidine rings is 1. The predicted octanol–water partition coefficient (Wildman–Crippen LogP) is 2.69. The molecule has 0 radical (unpaired) electrons. The van der Waals surface area contributed by atoms with Crippen LogP contribution in [0.15, 0.2) is 0 Å². The Kier molecular flexibility index (Phi) is 2.92. The van der Waals surface area contributed by atoms with Gasteiger partial charge < -0.3 is 10.6 Å². The minimum Gasteiger partial charge on any atom is -0.316 e. The third-order valence-corrected chi connectivity index (χ3v) is 6.11. The van der Waals surface area contributed by atoms with E-state index in [0.717, 1.165) is 29.3 Å². The molecule has 4 fully saturated rings. The van der Waals surface area contributed by atoms with Crippen molar-refractivity contribution in [1.82, 2.24) is 10.6 Å². The summed E-state index contributed by atoms with van der Waals surface area (Å²) in [6.07, 6.45) is 13.3. The van der Waals surface area contributed by atoms with Crippen LogP contribution in [0, 0.1) is 17.3 Å². The topological polar surface area (TPSA) is 24.1 Å². The molecule has 0 aromatic heterocycles. The quantitative estimate of drug-likeness (QED) is 0.706. The molecule has 0 aromatic carbocycles. The first kappa shape index (κ1) is 11.7. The normalized spacial score (nSPS) is 41.0. The molecule has 4 rings (SSSR count). The van der Waals surface area contributed by atoms with Crippen molar-refractivity contribution in [2.75, 3.05) is 13.1 Å². The van der Waals surface area contributed by atoms with Crippen molar-refractivity contribution in [3.8, 4) is 0 Å². The number of fused-ring (bicyclic) bond motifs is 2. The zero-order valence-electron chi connectivity index (χ0n) is 11.6. The highest BCUT2D eigenvalue weighted by Gasteiger charge is 2.53. The van der Waals surface area contributed by atoms with E-state index in [-0.39, 0.29) is 0 Å². The lowest BCUT2D eigenvalue weighted by molar-refractivity contribution is 0.279. The van der Waals surface area contributed by atoms with Gasteiger partial charge in [-0.25, -0.2) is 0 Å². The fourth-order valence-corrected chi connectivity index (χ4v) is 4.64. The average molecular weight is 248 g/mol. The van der Waals surface area contributed by atoms with Gasteiger partial charge in [-0.1, -0.05) is 0 Å². The molecule has 18 heavy (non-hydrogen) atoms. The second-order valence-corrected chi connectivity index (χ2v) is 7.58. The van der Waals surface area contributed by atoms with Gasteiger partial charge in [-0.15, -0.1) is 0 Å². The monoisotopic (exact) mass is 248 g/mol. The third kappa shape index (κ3) is 2.34. The minimum absolute atomic E-state index is 0.785. The van der Waals surface area contributed by atoms with E-state index < -0.39 is 0 Å². The van der Waals surface area contributed by atoms with Crippen LogP contribution in [0.1, 0.15) is 57.8 Å². The van der Waals surface area contributed by atoms with Crippen LogP contribution in [0.3, 0.4) is 0 Å². The van der Waals surface area contributed by atoms with Crippen LogP contribution in [-0.2, 0) is 0 Å². The minimum atomic E-state index is 0.785.